The van der Waals surface area contributed by atoms with Crippen LogP contribution in [0.3, 0.4) is 0 Å². The Bertz CT molecular complexity index is 428. The molecule has 0 radical (unpaired) electrons. The van der Waals surface area contributed by atoms with Gasteiger partial charge in [0, 0.05) is 11.0 Å². The Morgan fingerprint density at radius 2 is 2.06 bits per heavy atom. The molecule has 18 heavy (non-hydrogen) atoms. The predicted octanol–water partition coefficient (Wildman–Crippen LogP) is 4.09. The first-order valence-corrected chi connectivity index (χ1v) is 7.35. The van der Waals surface area contributed by atoms with Gasteiger partial charge in [0.2, 0.25) is 0 Å². The van der Waals surface area contributed by atoms with Crippen LogP contribution in [0.5, 0.6) is 0 Å². The Hall–Kier alpha value is -1.03. The minimum atomic E-state index is -1.08. The van der Waals surface area contributed by atoms with Crippen molar-refractivity contribution in [2.24, 2.45) is 0 Å². The zero-order valence-electron chi connectivity index (χ0n) is 10.2. The number of hydrogen-bond acceptors (Lipinski definition) is 2. The van der Waals surface area contributed by atoms with Crippen molar-refractivity contribution in [1.82, 2.24) is 0 Å². The molecule has 1 aromatic rings. The molecular weight excluding hydrogens is 251 g/mol. The predicted molar refractivity (Wildman–Crippen MR) is 71.5 cm³/mol. The van der Waals surface area contributed by atoms with Crippen molar-refractivity contribution in [1.29, 1.82) is 0 Å². The van der Waals surface area contributed by atoms with Gasteiger partial charge < -0.3 is 5.11 Å². The fourth-order valence-electron chi connectivity index (χ4n) is 2.24. The molecule has 0 atom stereocenters. The maximum absolute atomic E-state index is 13.7. The van der Waals surface area contributed by atoms with Crippen molar-refractivity contribution >= 4 is 17.7 Å². The van der Waals surface area contributed by atoms with Crippen LogP contribution in [0.25, 0.3) is 0 Å². The third-order valence-corrected chi connectivity index (χ3v) is 4.75. The van der Waals surface area contributed by atoms with Gasteiger partial charge in [0.05, 0.1) is 5.56 Å². The highest BCUT2D eigenvalue weighted by Gasteiger charge is 2.15. The van der Waals surface area contributed by atoms with Crippen molar-refractivity contribution in [3.8, 4) is 0 Å². The highest BCUT2D eigenvalue weighted by atomic mass is 32.2. The van der Waals surface area contributed by atoms with Crippen LogP contribution in [0.4, 0.5) is 4.39 Å². The smallest absolute Gasteiger partial charge is 0.335 e. The molecule has 0 amide bonds. The Kier molecular flexibility index (Phi) is 4.64. The minimum Gasteiger partial charge on any atom is -0.478 e. The third kappa shape index (κ3) is 3.48. The van der Waals surface area contributed by atoms with E-state index < -0.39 is 11.8 Å². The van der Waals surface area contributed by atoms with E-state index in [1.54, 1.807) is 17.8 Å². The first-order valence-electron chi connectivity index (χ1n) is 6.30. The molecule has 2 rings (SSSR count). The van der Waals surface area contributed by atoms with Gasteiger partial charge in [-0.1, -0.05) is 25.3 Å². The summed E-state index contributed by atoms with van der Waals surface area (Å²) in [4.78, 5) is 10.7. The average molecular weight is 268 g/mol. The van der Waals surface area contributed by atoms with Crippen LogP contribution < -0.4 is 0 Å². The minimum absolute atomic E-state index is 0.0129. The van der Waals surface area contributed by atoms with E-state index in [1.807, 2.05) is 0 Å². The Morgan fingerprint density at radius 3 is 2.67 bits per heavy atom. The van der Waals surface area contributed by atoms with E-state index in [0.29, 0.717) is 16.6 Å². The van der Waals surface area contributed by atoms with Crippen molar-refractivity contribution < 1.29 is 14.3 Å². The van der Waals surface area contributed by atoms with Crippen LogP contribution >= 0.6 is 11.8 Å². The van der Waals surface area contributed by atoms with Crippen LogP contribution in [0, 0.1) is 5.82 Å². The SMILES string of the molecule is O=C(O)c1ccc(CSC2CCCCC2)c(F)c1. The Labute approximate surface area is 111 Å². The van der Waals surface area contributed by atoms with E-state index in [0.717, 1.165) is 6.07 Å². The molecule has 98 valence electrons. The normalized spacial score (nSPS) is 16.7. The van der Waals surface area contributed by atoms with Crippen LogP contribution in [-0.4, -0.2) is 16.3 Å². The summed E-state index contributed by atoms with van der Waals surface area (Å²) in [6, 6.07) is 4.18. The van der Waals surface area contributed by atoms with Gasteiger partial charge in [-0.3, -0.25) is 0 Å². The van der Waals surface area contributed by atoms with Crippen molar-refractivity contribution in [3.05, 3.63) is 35.1 Å². The average Bonchev–Trinajstić information content (AvgIpc) is 2.38. The summed E-state index contributed by atoms with van der Waals surface area (Å²) >= 11 is 1.79. The van der Waals surface area contributed by atoms with Crippen LogP contribution in [0.1, 0.15) is 48.0 Å². The van der Waals surface area contributed by atoms with E-state index in [2.05, 4.69) is 0 Å². The molecule has 0 spiro atoms. The fourth-order valence-corrected chi connectivity index (χ4v) is 3.55. The van der Waals surface area contributed by atoms with Gasteiger partial charge in [0.1, 0.15) is 5.82 Å². The molecule has 1 aliphatic rings. The number of carboxylic acids is 1. The zero-order chi connectivity index (χ0) is 13.0. The van der Waals surface area contributed by atoms with Crippen LogP contribution in [0.2, 0.25) is 0 Å². The van der Waals surface area contributed by atoms with Crippen molar-refractivity contribution in [2.75, 3.05) is 0 Å². The summed E-state index contributed by atoms with van der Waals surface area (Å²) in [6.07, 6.45) is 6.31. The van der Waals surface area contributed by atoms with Gasteiger partial charge in [0.15, 0.2) is 0 Å². The summed E-state index contributed by atoms with van der Waals surface area (Å²) in [7, 11) is 0. The number of thioether (sulfide) groups is 1. The van der Waals surface area contributed by atoms with Crippen molar-refractivity contribution in [2.45, 2.75) is 43.1 Å². The molecule has 1 fully saturated rings. The molecule has 1 aliphatic carbocycles. The molecule has 0 aromatic heterocycles. The number of carbonyl (C=O) groups is 1. The molecule has 1 aromatic carbocycles. The Morgan fingerprint density at radius 1 is 1.33 bits per heavy atom. The van der Waals surface area contributed by atoms with Gasteiger partial charge >= 0.3 is 5.97 Å². The summed E-state index contributed by atoms with van der Waals surface area (Å²) < 4.78 is 13.7. The lowest BCUT2D eigenvalue weighted by atomic mass is 10.0. The number of aromatic carboxylic acids is 1. The van der Waals surface area contributed by atoms with Gasteiger partial charge in [-0.2, -0.15) is 11.8 Å². The van der Waals surface area contributed by atoms with Crippen molar-refractivity contribution in [3.63, 3.8) is 0 Å². The molecule has 1 N–H and O–H groups in total. The van der Waals surface area contributed by atoms with E-state index in [9.17, 15) is 9.18 Å². The number of hydrogen-bond donors (Lipinski definition) is 1. The van der Waals surface area contributed by atoms with Gasteiger partial charge in [-0.15, -0.1) is 0 Å². The summed E-state index contributed by atoms with van der Waals surface area (Å²) in [5.74, 6) is -0.852. The van der Waals surface area contributed by atoms with E-state index in [4.69, 9.17) is 5.11 Å². The molecule has 0 heterocycles. The second-order valence-electron chi connectivity index (χ2n) is 4.68. The van der Waals surface area contributed by atoms with E-state index in [-0.39, 0.29) is 5.56 Å². The third-order valence-electron chi connectivity index (χ3n) is 3.33. The number of rotatable bonds is 4. The standard InChI is InChI=1S/C14H17FO2S/c15-13-8-10(14(16)17)6-7-11(13)9-18-12-4-2-1-3-5-12/h6-8,12H,1-5,9H2,(H,16,17). The highest BCUT2D eigenvalue weighted by Crippen LogP contribution is 2.31. The first-order chi connectivity index (χ1) is 8.66. The maximum Gasteiger partial charge on any atom is 0.335 e. The molecular formula is C14H17FO2S. The Balaban J connectivity index is 1.94. The van der Waals surface area contributed by atoms with E-state index in [1.165, 1.54) is 38.2 Å². The quantitative estimate of drug-likeness (QED) is 0.893. The second-order valence-corrected chi connectivity index (χ2v) is 5.97. The topological polar surface area (TPSA) is 37.3 Å². The fraction of sp³-hybridized carbons (Fsp3) is 0.500. The number of carboxylic acid groups (broad SMARTS) is 1. The van der Waals surface area contributed by atoms with Gasteiger partial charge in [0.25, 0.3) is 0 Å². The summed E-state index contributed by atoms with van der Waals surface area (Å²) in [5.41, 5.74) is 0.620. The molecule has 0 saturated heterocycles. The van der Waals surface area contributed by atoms with Gasteiger partial charge in [-0.05, 0) is 30.5 Å². The highest BCUT2D eigenvalue weighted by molar-refractivity contribution is 7.99. The molecule has 0 unspecified atom stereocenters. The maximum atomic E-state index is 13.7. The molecule has 1 saturated carbocycles. The molecule has 4 heteroatoms. The lowest BCUT2D eigenvalue weighted by molar-refractivity contribution is 0.0696. The monoisotopic (exact) mass is 268 g/mol. The lowest BCUT2D eigenvalue weighted by Gasteiger charge is -2.21. The van der Waals surface area contributed by atoms with E-state index >= 15 is 0 Å². The second kappa shape index (κ2) is 6.23. The zero-order valence-corrected chi connectivity index (χ0v) is 11.0. The summed E-state index contributed by atoms with van der Waals surface area (Å²) in [6.45, 7) is 0. The first kappa shape index (κ1) is 13.4. The largest absolute Gasteiger partial charge is 0.478 e. The number of halogens is 1. The molecule has 2 nitrogen and oxygen atoms in total. The van der Waals surface area contributed by atoms with Gasteiger partial charge in [-0.25, -0.2) is 9.18 Å². The van der Waals surface area contributed by atoms with Crippen LogP contribution in [0.15, 0.2) is 18.2 Å². The summed E-state index contributed by atoms with van der Waals surface area (Å²) in [5, 5.41) is 9.40. The molecule has 0 aliphatic heterocycles. The number of benzene rings is 1. The van der Waals surface area contributed by atoms with Crippen LogP contribution in [-0.2, 0) is 5.75 Å². The lowest BCUT2D eigenvalue weighted by Crippen LogP contribution is -2.08. The molecule has 0 bridgehead atoms.